The Kier molecular flexibility index (Phi) is 5.38. The summed E-state index contributed by atoms with van der Waals surface area (Å²) in [4.78, 5) is 24.9. The minimum Gasteiger partial charge on any atom is -0.489 e. The summed E-state index contributed by atoms with van der Waals surface area (Å²) in [5.41, 5.74) is 1.62. The van der Waals surface area contributed by atoms with Gasteiger partial charge in [0.2, 0.25) is 5.76 Å². The lowest BCUT2D eigenvalue weighted by Gasteiger charge is -2.07. The molecule has 0 spiro atoms. The van der Waals surface area contributed by atoms with Crippen molar-refractivity contribution in [1.29, 1.82) is 0 Å². The van der Waals surface area contributed by atoms with Gasteiger partial charge in [0.15, 0.2) is 12.4 Å². The van der Waals surface area contributed by atoms with Gasteiger partial charge in [0, 0.05) is 10.9 Å². The van der Waals surface area contributed by atoms with Gasteiger partial charge in [-0.3, -0.25) is 4.79 Å². The summed E-state index contributed by atoms with van der Waals surface area (Å²) in [7, 11) is 0. The number of rotatable bonds is 7. The average Bonchev–Trinajstić information content (AvgIpc) is 3.16. The molecule has 0 N–H and O–H groups in total. The van der Waals surface area contributed by atoms with Gasteiger partial charge < -0.3 is 13.9 Å². The van der Waals surface area contributed by atoms with Gasteiger partial charge in [-0.15, -0.1) is 0 Å². The fourth-order valence-corrected chi connectivity index (χ4v) is 2.98. The van der Waals surface area contributed by atoms with Crippen LogP contribution in [0.25, 0.3) is 11.0 Å². The number of esters is 1. The van der Waals surface area contributed by atoms with Gasteiger partial charge in [-0.25, -0.2) is 4.79 Å². The molecule has 0 unspecified atom stereocenters. The van der Waals surface area contributed by atoms with Gasteiger partial charge in [-0.1, -0.05) is 66.7 Å². The summed E-state index contributed by atoms with van der Waals surface area (Å²) in [6, 6.07) is 25.3. The number of ketones is 1. The topological polar surface area (TPSA) is 65.7 Å². The molecule has 4 rings (SSSR count). The van der Waals surface area contributed by atoms with Gasteiger partial charge in [-0.2, -0.15) is 0 Å². The van der Waals surface area contributed by atoms with Crippen LogP contribution in [0.1, 0.15) is 26.5 Å². The number of carbonyl (C=O) groups excluding carboxylic acids is 2. The van der Waals surface area contributed by atoms with Crippen LogP contribution >= 0.6 is 0 Å². The molecule has 4 aromatic rings. The summed E-state index contributed by atoms with van der Waals surface area (Å²) < 4.78 is 16.8. The molecule has 0 aliphatic carbocycles. The number of benzene rings is 3. The van der Waals surface area contributed by atoms with Gasteiger partial charge in [0.05, 0.1) is 5.56 Å². The average molecular weight is 386 g/mol. The number of Topliss-reactive ketones (excluding diaryl/α,β-unsaturated/α-hetero) is 1. The van der Waals surface area contributed by atoms with Gasteiger partial charge in [-0.05, 0) is 18.2 Å². The van der Waals surface area contributed by atoms with Gasteiger partial charge >= 0.3 is 5.97 Å². The first-order valence-electron chi connectivity index (χ1n) is 9.16. The molecule has 5 nitrogen and oxygen atoms in total. The van der Waals surface area contributed by atoms with E-state index in [-0.39, 0.29) is 24.8 Å². The van der Waals surface area contributed by atoms with Gasteiger partial charge in [0.25, 0.3) is 0 Å². The lowest BCUT2D eigenvalue weighted by atomic mass is 10.1. The third-order valence-electron chi connectivity index (χ3n) is 4.44. The Morgan fingerprint density at radius 3 is 2.21 bits per heavy atom. The number of para-hydroxylation sites is 2. The number of hydrogen-bond acceptors (Lipinski definition) is 5. The smallest absolute Gasteiger partial charge is 0.375 e. The van der Waals surface area contributed by atoms with E-state index in [4.69, 9.17) is 13.9 Å². The standard InChI is InChI=1S/C24H18O5/c25-21(17-9-3-1-4-10-17)16-28-24(26)23-20(15-27-18-11-5-2-6-12-18)19-13-7-8-14-22(19)29-23/h1-14H,15-16H2. The minimum absolute atomic E-state index is 0.0444. The van der Waals surface area contributed by atoms with E-state index in [9.17, 15) is 9.59 Å². The van der Waals surface area contributed by atoms with Crippen molar-refractivity contribution in [2.45, 2.75) is 6.61 Å². The molecule has 0 atom stereocenters. The van der Waals surface area contributed by atoms with E-state index < -0.39 is 5.97 Å². The Morgan fingerprint density at radius 2 is 1.45 bits per heavy atom. The Hall–Kier alpha value is -3.86. The molecule has 0 radical (unpaired) electrons. The lowest BCUT2D eigenvalue weighted by molar-refractivity contribution is 0.0443. The van der Waals surface area contributed by atoms with Crippen molar-refractivity contribution in [3.05, 3.63) is 102 Å². The van der Waals surface area contributed by atoms with Crippen LogP contribution in [0.15, 0.2) is 89.3 Å². The molecule has 0 saturated heterocycles. The number of hydrogen-bond donors (Lipinski definition) is 0. The third kappa shape index (κ3) is 4.19. The summed E-state index contributed by atoms with van der Waals surface area (Å²) in [6.45, 7) is -0.225. The highest BCUT2D eigenvalue weighted by Crippen LogP contribution is 2.28. The maximum absolute atomic E-state index is 12.7. The fraction of sp³-hybridized carbons (Fsp3) is 0.0833. The van der Waals surface area contributed by atoms with E-state index in [1.165, 1.54) is 0 Å². The summed E-state index contributed by atoms with van der Waals surface area (Å²) in [6.07, 6.45) is 0. The normalized spacial score (nSPS) is 10.6. The van der Waals surface area contributed by atoms with E-state index in [1.54, 1.807) is 30.3 Å². The number of carbonyl (C=O) groups is 2. The molecule has 0 saturated carbocycles. The molecule has 5 heteroatoms. The van der Waals surface area contributed by atoms with Crippen LogP contribution in [0, 0.1) is 0 Å². The first kappa shape index (κ1) is 18.5. The summed E-state index contributed by atoms with van der Waals surface area (Å²) in [5, 5.41) is 0.768. The quantitative estimate of drug-likeness (QED) is 0.328. The van der Waals surface area contributed by atoms with E-state index in [0.29, 0.717) is 22.5 Å². The van der Waals surface area contributed by atoms with Crippen LogP contribution in [-0.4, -0.2) is 18.4 Å². The second-order valence-electron chi connectivity index (χ2n) is 6.37. The number of furan rings is 1. The van der Waals surface area contributed by atoms with Gasteiger partial charge in [0.1, 0.15) is 17.9 Å². The molecular weight excluding hydrogens is 368 g/mol. The van der Waals surface area contributed by atoms with Crippen molar-refractivity contribution < 1.29 is 23.5 Å². The van der Waals surface area contributed by atoms with Crippen molar-refractivity contribution in [2.24, 2.45) is 0 Å². The summed E-state index contributed by atoms with van der Waals surface area (Å²) >= 11 is 0. The van der Waals surface area contributed by atoms with Crippen LogP contribution in [0.2, 0.25) is 0 Å². The molecule has 0 amide bonds. The lowest BCUT2D eigenvalue weighted by Crippen LogP contribution is -2.15. The molecule has 0 aliphatic heterocycles. The predicted molar refractivity (Wildman–Crippen MR) is 108 cm³/mol. The van der Waals surface area contributed by atoms with E-state index in [2.05, 4.69) is 0 Å². The zero-order chi connectivity index (χ0) is 20.1. The van der Waals surface area contributed by atoms with E-state index in [1.807, 2.05) is 54.6 Å². The van der Waals surface area contributed by atoms with Crippen molar-refractivity contribution in [3.8, 4) is 5.75 Å². The largest absolute Gasteiger partial charge is 0.489 e. The molecule has 144 valence electrons. The number of fused-ring (bicyclic) bond motifs is 1. The highest BCUT2D eigenvalue weighted by atomic mass is 16.5. The third-order valence-corrected chi connectivity index (χ3v) is 4.44. The van der Waals surface area contributed by atoms with Crippen LogP contribution in [0.5, 0.6) is 5.75 Å². The fourth-order valence-electron chi connectivity index (χ4n) is 2.98. The molecule has 1 aromatic heterocycles. The highest BCUT2D eigenvalue weighted by molar-refractivity contribution is 6.00. The summed E-state index contributed by atoms with van der Waals surface area (Å²) in [5.74, 6) is -0.256. The molecule has 0 fully saturated rings. The van der Waals surface area contributed by atoms with Crippen molar-refractivity contribution in [2.75, 3.05) is 6.61 Å². The number of ether oxygens (including phenoxy) is 2. The van der Waals surface area contributed by atoms with Crippen molar-refractivity contribution in [1.82, 2.24) is 0 Å². The Balaban J connectivity index is 1.54. The maximum atomic E-state index is 12.7. The zero-order valence-corrected chi connectivity index (χ0v) is 15.5. The van der Waals surface area contributed by atoms with Crippen molar-refractivity contribution >= 4 is 22.7 Å². The molecule has 1 heterocycles. The van der Waals surface area contributed by atoms with E-state index in [0.717, 1.165) is 5.39 Å². The first-order valence-corrected chi connectivity index (χ1v) is 9.16. The van der Waals surface area contributed by atoms with Crippen molar-refractivity contribution in [3.63, 3.8) is 0 Å². The predicted octanol–water partition coefficient (Wildman–Crippen LogP) is 5.05. The highest BCUT2D eigenvalue weighted by Gasteiger charge is 2.23. The van der Waals surface area contributed by atoms with Crippen LogP contribution in [-0.2, 0) is 11.3 Å². The molecule has 29 heavy (non-hydrogen) atoms. The zero-order valence-electron chi connectivity index (χ0n) is 15.5. The Morgan fingerprint density at radius 1 is 0.793 bits per heavy atom. The molecule has 0 bridgehead atoms. The second kappa shape index (κ2) is 8.44. The maximum Gasteiger partial charge on any atom is 0.375 e. The van der Waals surface area contributed by atoms with E-state index >= 15 is 0 Å². The minimum atomic E-state index is -0.697. The van der Waals surface area contributed by atoms with Crippen LogP contribution in [0.3, 0.4) is 0 Å². The molecular formula is C24H18O5. The molecule has 3 aromatic carbocycles. The Labute approximate surface area is 167 Å². The second-order valence-corrected chi connectivity index (χ2v) is 6.37. The van der Waals surface area contributed by atoms with Crippen LogP contribution < -0.4 is 4.74 Å². The molecule has 0 aliphatic rings. The van der Waals surface area contributed by atoms with Crippen LogP contribution in [0.4, 0.5) is 0 Å². The monoisotopic (exact) mass is 386 g/mol. The Bertz CT molecular complexity index is 1130. The first-order chi connectivity index (χ1) is 14.2. The SMILES string of the molecule is O=C(COC(=O)c1oc2ccccc2c1COc1ccccc1)c1ccccc1.